The maximum atomic E-state index is 11.3. The Hall–Kier alpha value is -0.790. The first-order chi connectivity index (χ1) is 5.36. The van der Waals surface area contributed by atoms with Crippen molar-refractivity contribution in [3.05, 3.63) is 12.2 Å². The Morgan fingerprint density at radius 3 is 3.00 bits per heavy atom. The standard InChI is InChI=1S/C9H11NO/c11-9-8-6-2-1-5(3-6)7(8)4-10-9/h1-2,5-8H,3-4H2,(H,10,11)/t5-,6+,7-,8+/m1/s1. The summed E-state index contributed by atoms with van der Waals surface area (Å²) in [4.78, 5) is 11.3. The minimum atomic E-state index is 0.298. The van der Waals surface area contributed by atoms with Crippen molar-refractivity contribution in [1.82, 2.24) is 5.32 Å². The summed E-state index contributed by atoms with van der Waals surface area (Å²) < 4.78 is 0. The second-order valence-corrected chi connectivity index (χ2v) is 3.88. The fraction of sp³-hybridized carbons (Fsp3) is 0.667. The molecule has 1 aliphatic heterocycles. The quantitative estimate of drug-likeness (QED) is 0.501. The van der Waals surface area contributed by atoms with Gasteiger partial charge in [0, 0.05) is 12.5 Å². The number of allylic oxidation sites excluding steroid dienone is 2. The molecule has 0 aromatic rings. The molecule has 2 nitrogen and oxygen atoms in total. The van der Waals surface area contributed by atoms with Crippen LogP contribution in [0.25, 0.3) is 0 Å². The molecule has 1 heterocycles. The Bertz CT molecular complexity index is 246. The zero-order chi connectivity index (χ0) is 7.42. The topological polar surface area (TPSA) is 29.1 Å². The maximum absolute atomic E-state index is 11.3. The van der Waals surface area contributed by atoms with Crippen molar-refractivity contribution >= 4 is 5.91 Å². The SMILES string of the molecule is O=C1NC[C@H]2[C@@H]1[C@H]1C=C[C@@H]2C1. The highest BCUT2D eigenvalue weighted by atomic mass is 16.2. The first kappa shape index (κ1) is 5.81. The number of hydrogen-bond acceptors (Lipinski definition) is 1. The minimum Gasteiger partial charge on any atom is -0.356 e. The molecule has 3 rings (SSSR count). The Balaban J connectivity index is 2.03. The molecule has 1 amide bonds. The predicted octanol–water partition coefficient (Wildman–Crippen LogP) is 0.554. The highest BCUT2D eigenvalue weighted by molar-refractivity contribution is 5.82. The van der Waals surface area contributed by atoms with Gasteiger partial charge < -0.3 is 5.32 Å². The van der Waals surface area contributed by atoms with Crippen molar-refractivity contribution in [3.63, 3.8) is 0 Å². The number of carbonyl (C=O) groups excluding carboxylic acids is 1. The molecule has 0 radical (unpaired) electrons. The summed E-state index contributed by atoms with van der Waals surface area (Å²) in [5.74, 6) is 2.56. The van der Waals surface area contributed by atoms with Gasteiger partial charge in [-0.05, 0) is 24.2 Å². The van der Waals surface area contributed by atoms with E-state index in [9.17, 15) is 4.79 Å². The third kappa shape index (κ3) is 0.561. The van der Waals surface area contributed by atoms with Crippen molar-refractivity contribution in [2.45, 2.75) is 6.42 Å². The van der Waals surface area contributed by atoms with Crippen LogP contribution in [-0.2, 0) is 4.79 Å². The van der Waals surface area contributed by atoms with E-state index in [0.29, 0.717) is 29.6 Å². The van der Waals surface area contributed by atoms with Crippen LogP contribution < -0.4 is 5.32 Å². The summed E-state index contributed by atoms with van der Waals surface area (Å²) in [6.07, 6.45) is 5.77. The fourth-order valence-electron chi connectivity index (χ4n) is 2.93. The molecule has 11 heavy (non-hydrogen) atoms. The molecule has 2 bridgehead atoms. The van der Waals surface area contributed by atoms with Crippen LogP contribution in [0, 0.1) is 23.7 Å². The number of rotatable bonds is 0. The van der Waals surface area contributed by atoms with Crippen LogP contribution in [0.5, 0.6) is 0 Å². The van der Waals surface area contributed by atoms with Gasteiger partial charge in [-0.15, -0.1) is 0 Å². The fourth-order valence-corrected chi connectivity index (χ4v) is 2.93. The maximum Gasteiger partial charge on any atom is 0.224 e. The second-order valence-electron chi connectivity index (χ2n) is 3.88. The lowest BCUT2D eigenvalue weighted by Gasteiger charge is -2.15. The van der Waals surface area contributed by atoms with Gasteiger partial charge in [-0.2, -0.15) is 0 Å². The normalized spacial score (nSPS) is 51.5. The van der Waals surface area contributed by atoms with Crippen molar-refractivity contribution < 1.29 is 4.79 Å². The van der Waals surface area contributed by atoms with E-state index < -0.39 is 0 Å². The molecular formula is C9H11NO. The largest absolute Gasteiger partial charge is 0.356 e. The van der Waals surface area contributed by atoms with E-state index in [1.54, 1.807) is 0 Å². The smallest absolute Gasteiger partial charge is 0.224 e. The van der Waals surface area contributed by atoms with Crippen LogP contribution in [0.15, 0.2) is 12.2 Å². The van der Waals surface area contributed by atoms with E-state index >= 15 is 0 Å². The molecule has 0 aromatic carbocycles. The summed E-state index contributed by atoms with van der Waals surface area (Å²) in [5, 5.41) is 2.94. The Kier molecular flexibility index (Phi) is 0.888. The lowest BCUT2D eigenvalue weighted by Crippen LogP contribution is -2.23. The van der Waals surface area contributed by atoms with Crippen LogP contribution in [0.4, 0.5) is 0 Å². The molecular weight excluding hydrogens is 138 g/mol. The van der Waals surface area contributed by atoms with Gasteiger partial charge in [-0.25, -0.2) is 0 Å². The van der Waals surface area contributed by atoms with Crippen molar-refractivity contribution in [2.75, 3.05) is 6.54 Å². The zero-order valence-electron chi connectivity index (χ0n) is 6.29. The van der Waals surface area contributed by atoms with Gasteiger partial charge in [0.15, 0.2) is 0 Å². The van der Waals surface area contributed by atoms with Crippen molar-refractivity contribution in [3.8, 4) is 0 Å². The van der Waals surface area contributed by atoms with Gasteiger partial charge in [0.25, 0.3) is 0 Å². The first-order valence-corrected chi connectivity index (χ1v) is 4.32. The second kappa shape index (κ2) is 1.68. The zero-order valence-corrected chi connectivity index (χ0v) is 6.29. The molecule has 2 heteroatoms. The Labute approximate surface area is 65.7 Å². The minimum absolute atomic E-state index is 0.298. The molecule has 3 aliphatic rings. The summed E-state index contributed by atoms with van der Waals surface area (Å²) in [5.41, 5.74) is 0. The van der Waals surface area contributed by atoms with Crippen molar-refractivity contribution in [1.29, 1.82) is 0 Å². The van der Waals surface area contributed by atoms with E-state index in [1.165, 1.54) is 6.42 Å². The van der Waals surface area contributed by atoms with Crippen LogP contribution in [0.3, 0.4) is 0 Å². The van der Waals surface area contributed by atoms with E-state index in [-0.39, 0.29) is 0 Å². The van der Waals surface area contributed by atoms with E-state index in [0.717, 1.165) is 6.54 Å². The summed E-state index contributed by atoms with van der Waals surface area (Å²) in [6.45, 7) is 0.926. The van der Waals surface area contributed by atoms with Crippen LogP contribution in [0.1, 0.15) is 6.42 Å². The highest BCUT2D eigenvalue weighted by Gasteiger charge is 2.51. The molecule has 2 aliphatic carbocycles. The van der Waals surface area contributed by atoms with E-state index in [2.05, 4.69) is 17.5 Å². The summed E-state index contributed by atoms with van der Waals surface area (Å²) >= 11 is 0. The molecule has 58 valence electrons. The Morgan fingerprint density at radius 1 is 1.36 bits per heavy atom. The predicted molar refractivity (Wildman–Crippen MR) is 40.7 cm³/mol. The lowest BCUT2D eigenvalue weighted by atomic mass is 9.86. The summed E-state index contributed by atoms with van der Waals surface area (Å²) in [6, 6.07) is 0. The molecule has 1 N–H and O–H groups in total. The molecule has 0 unspecified atom stereocenters. The molecule has 1 saturated heterocycles. The van der Waals surface area contributed by atoms with Crippen molar-refractivity contribution in [2.24, 2.45) is 23.7 Å². The molecule has 2 fully saturated rings. The first-order valence-electron chi connectivity index (χ1n) is 4.32. The average Bonchev–Trinajstić information content (AvgIpc) is 2.60. The third-order valence-corrected chi connectivity index (χ3v) is 3.44. The van der Waals surface area contributed by atoms with Gasteiger partial charge >= 0.3 is 0 Å². The van der Waals surface area contributed by atoms with Crippen LogP contribution in [0.2, 0.25) is 0 Å². The molecule has 4 atom stereocenters. The third-order valence-electron chi connectivity index (χ3n) is 3.44. The number of carbonyl (C=O) groups is 1. The average molecular weight is 149 g/mol. The van der Waals surface area contributed by atoms with Crippen LogP contribution in [-0.4, -0.2) is 12.5 Å². The summed E-state index contributed by atoms with van der Waals surface area (Å²) in [7, 11) is 0. The molecule has 0 aromatic heterocycles. The monoisotopic (exact) mass is 149 g/mol. The number of fused-ring (bicyclic) bond motifs is 5. The molecule has 0 spiro atoms. The van der Waals surface area contributed by atoms with Gasteiger partial charge in [0.05, 0.1) is 0 Å². The van der Waals surface area contributed by atoms with Gasteiger partial charge in [-0.1, -0.05) is 12.2 Å². The number of nitrogens with one attached hydrogen (secondary N) is 1. The van der Waals surface area contributed by atoms with E-state index in [1.807, 2.05) is 0 Å². The number of hydrogen-bond donors (Lipinski definition) is 1. The van der Waals surface area contributed by atoms with Crippen LogP contribution >= 0.6 is 0 Å². The van der Waals surface area contributed by atoms with E-state index in [4.69, 9.17) is 0 Å². The lowest BCUT2D eigenvalue weighted by molar-refractivity contribution is -0.123. The Morgan fingerprint density at radius 2 is 2.18 bits per heavy atom. The number of amides is 1. The van der Waals surface area contributed by atoms with Gasteiger partial charge in [-0.3, -0.25) is 4.79 Å². The molecule has 1 saturated carbocycles. The van der Waals surface area contributed by atoms with Gasteiger partial charge in [0.1, 0.15) is 0 Å². The van der Waals surface area contributed by atoms with Gasteiger partial charge in [0.2, 0.25) is 5.91 Å². The highest BCUT2D eigenvalue weighted by Crippen LogP contribution is 2.49.